The summed E-state index contributed by atoms with van der Waals surface area (Å²) in [7, 11) is -3.76. The number of imidazole rings is 1. The topological polar surface area (TPSA) is 121 Å². The van der Waals surface area contributed by atoms with Gasteiger partial charge in [-0.1, -0.05) is 0 Å². The number of sulfonamides is 1. The lowest BCUT2D eigenvalue weighted by atomic mass is 9.84. The van der Waals surface area contributed by atoms with Crippen LogP contribution < -0.4 is 4.72 Å². The van der Waals surface area contributed by atoms with E-state index in [-0.39, 0.29) is 10.9 Å². The van der Waals surface area contributed by atoms with Crippen molar-refractivity contribution in [2.75, 3.05) is 0 Å². The third-order valence-corrected chi connectivity index (χ3v) is 6.96. The van der Waals surface area contributed by atoms with Crippen molar-refractivity contribution < 1.29 is 13.5 Å². The second-order valence-corrected chi connectivity index (χ2v) is 9.82. The molecule has 3 aromatic rings. The molecule has 0 atom stereocenters. The Balaban J connectivity index is 1.69. The van der Waals surface area contributed by atoms with Crippen LogP contribution in [0.25, 0.3) is 22.6 Å². The SMILES string of the molecule is Cc1cnc(-c2ncc(S(=O)(=O)NC3CCC(C)(O)CC3)cc2-c2ccncc2)[nH]1. The third-order valence-electron chi connectivity index (χ3n) is 5.48. The number of rotatable bonds is 5. The number of hydrogen-bond acceptors (Lipinski definition) is 6. The van der Waals surface area contributed by atoms with Gasteiger partial charge in [-0.25, -0.2) is 18.1 Å². The molecule has 9 heteroatoms. The first-order valence-electron chi connectivity index (χ1n) is 9.91. The fourth-order valence-electron chi connectivity index (χ4n) is 3.71. The zero-order valence-electron chi connectivity index (χ0n) is 17.0. The van der Waals surface area contributed by atoms with E-state index in [9.17, 15) is 13.5 Å². The molecule has 0 aliphatic heterocycles. The second kappa shape index (κ2) is 7.90. The van der Waals surface area contributed by atoms with Crippen LogP contribution in [0.5, 0.6) is 0 Å². The molecule has 4 rings (SSSR count). The Hall–Kier alpha value is -2.62. The molecule has 3 N–H and O–H groups in total. The van der Waals surface area contributed by atoms with Gasteiger partial charge in [-0.2, -0.15) is 0 Å². The average molecular weight is 428 g/mol. The van der Waals surface area contributed by atoms with E-state index in [0.717, 1.165) is 11.3 Å². The van der Waals surface area contributed by atoms with Crippen molar-refractivity contribution in [2.24, 2.45) is 0 Å². The minimum absolute atomic E-state index is 0.0960. The van der Waals surface area contributed by atoms with Crippen molar-refractivity contribution in [1.82, 2.24) is 24.7 Å². The van der Waals surface area contributed by atoms with Crippen LogP contribution in [-0.4, -0.2) is 45.1 Å². The van der Waals surface area contributed by atoms with Gasteiger partial charge in [-0.05, 0) is 63.3 Å². The van der Waals surface area contributed by atoms with Gasteiger partial charge in [0.15, 0.2) is 5.82 Å². The van der Waals surface area contributed by atoms with Crippen molar-refractivity contribution in [3.63, 3.8) is 0 Å². The normalized spacial score (nSPS) is 22.2. The maximum absolute atomic E-state index is 13.0. The number of aromatic amines is 1. The molecule has 158 valence electrons. The summed E-state index contributed by atoms with van der Waals surface area (Å²) in [5.41, 5.74) is 2.19. The Morgan fingerprint density at radius 2 is 1.87 bits per heavy atom. The summed E-state index contributed by atoms with van der Waals surface area (Å²) < 4.78 is 28.9. The van der Waals surface area contributed by atoms with Crippen LogP contribution in [0.4, 0.5) is 0 Å². The largest absolute Gasteiger partial charge is 0.390 e. The number of nitrogens with zero attached hydrogens (tertiary/aromatic N) is 3. The van der Waals surface area contributed by atoms with Crippen LogP contribution in [0.15, 0.2) is 47.9 Å². The molecule has 0 spiro atoms. The Morgan fingerprint density at radius 1 is 1.17 bits per heavy atom. The van der Waals surface area contributed by atoms with Gasteiger partial charge in [0.05, 0.1) is 5.60 Å². The summed E-state index contributed by atoms with van der Waals surface area (Å²) in [6.45, 7) is 3.69. The molecule has 1 fully saturated rings. The Kier molecular flexibility index (Phi) is 5.44. The van der Waals surface area contributed by atoms with E-state index < -0.39 is 15.6 Å². The molecule has 1 aliphatic rings. The minimum Gasteiger partial charge on any atom is -0.390 e. The molecule has 3 aromatic heterocycles. The zero-order chi connectivity index (χ0) is 21.4. The number of aryl methyl sites for hydroxylation is 1. The number of aromatic nitrogens is 4. The van der Waals surface area contributed by atoms with Gasteiger partial charge < -0.3 is 10.1 Å². The van der Waals surface area contributed by atoms with Gasteiger partial charge in [0.25, 0.3) is 0 Å². The van der Waals surface area contributed by atoms with Gasteiger partial charge in [0.1, 0.15) is 10.6 Å². The minimum atomic E-state index is -3.76. The van der Waals surface area contributed by atoms with Crippen molar-refractivity contribution in [3.8, 4) is 22.6 Å². The molecule has 0 bridgehead atoms. The van der Waals surface area contributed by atoms with E-state index in [4.69, 9.17) is 0 Å². The number of nitrogens with one attached hydrogen (secondary N) is 2. The first-order valence-corrected chi connectivity index (χ1v) is 11.4. The van der Waals surface area contributed by atoms with Gasteiger partial charge in [0.2, 0.25) is 10.0 Å². The van der Waals surface area contributed by atoms with Crippen molar-refractivity contribution in [3.05, 3.63) is 48.7 Å². The second-order valence-electron chi connectivity index (χ2n) is 8.11. The molecule has 1 aliphatic carbocycles. The summed E-state index contributed by atoms with van der Waals surface area (Å²) in [4.78, 5) is 16.1. The monoisotopic (exact) mass is 427 g/mol. The zero-order valence-corrected chi connectivity index (χ0v) is 17.8. The highest BCUT2D eigenvalue weighted by Gasteiger charge is 2.31. The van der Waals surface area contributed by atoms with Gasteiger partial charge in [0, 0.05) is 42.1 Å². The van der Waals surface area contributed by atoms with Crippen LogP contribution in [0, 0.1) is 6.92 Å². The summed E-state index contributed by atoms with van der Waals surface area (Å²) in [5.74, 6) is 0.575. The fourth-order valence-corrected chi connectivity index (χ4v) is 4.99. The van der Waals surface area contributed by atoms with Crippen LogP contribution in [0.3, 0.4) is 0 Å². The predicted octanol–water partition coefficient (Wildman–Crippen LogP) is 2.81. The van der Waals surface area contributed by atoms with E-state index in [1.807, 2.05) is 19.1 Å². The van der Waals surface area contributed by atoms with Crippen LogP contribution >= 0.6 is 0 Å². The highest BCUT2D eigenvalue weighted by atomic mass is 32.2. The molecule has 1 saturated carbocycles. The van der Waals surface area contributed by atoms with Crippen molar-refractivity contribution >= 4 is 10.0 Å². The molecule has 0 amide bonds. The van der Waals surface area contributed by atoms with E-state index in [1.165, 1.54) is 6.20 Å². The van der Waals surface area contributed by atoms with Crippen molar-refractivity contribution in [1.29, 1.82) is 0 Å². The Morgan fingerprint density at radius 3 is 2.50 bits per heavy atom. The molecular formula is C21H25N5O3S. The van der Waals surface area contributed by atoms with Crippen LogP contribution in [-0.2, 0) is 10.0 Å². The van der Waals surface area contributed by atoms with Gasteiger partial charge in [-0.3, -0.25) is 9.97 Å². The maximum Gasteiger partial charge on any atom is 0.242 e. The molecule has 0 radical (unpaired) electrons. The quantitative estimate of drug-likeness (QED) is 0.576. The lowest BCUT2D eigenvalue weighted by Gasteiger charge is -2.33. The number of hydrogen-bond donors (Lipinski definition) is 3. The molecule has 0 aromatic carbocycles. The average Bonchev–Trinajstić information content (AvgIpc) is 3.16. The molecule has 30 heavy (non-hydrogen) atoms. The van der Waals surface area contributed by atoms with Gasteiger partial charge >= 0.3 is 0 Å². The van der Waals surface area contributed by atoms with E-state index in [2.05, 4.69) is 24.7 Å². The van der Waals surface area contributed by atoms with E-state index >= 15 is 0 Å². The lowest BCUT2D eigenvalue weighted by molar-refractivity contribution is 0.0163. The highest BCUT2D eigenvalue weighted by molar-refractivity contribution is 7.89. The Bertz CT molecular complexity index is 1130. The summed E-state index contributed by atoms with van der Waals surface area (Å²) in [6.07, 6.45) is 8.70. The summed E-state index contributed by atoms with van der Waals surface area (Å²) in [5, 5.41) is 10.1. The molecule has 3 heterocycles. The lowest BCUT2D eigenvalue weighted by Crippen LogP contribution is -2.42. The molecule has 0 unspecified atom stereocenters. The fraction of sp³-hybridized carbons (Fsp3) is 0.381. The van der Waals surface area contributed by atoms with Crippen LogP contribution in [0.2, 0.25) is 0 Å². The summed E-state index contributed by atoms with van der Waals surface area (Å²) in [6, 6.07) is 5.04. The number of aliphatic hydroxyl groups is 1. The van der Waals surface area contributed by atoms with E-state index in [0.29, 0.717) is 42.8 Å². The molecular weight excluding hydrogens is 402 g/mol. The van der Waals surface area contributed by atoms with Crippen molar-refractivity contribution in [2.45, 2.75) is 56.1 Å². The highest BCUT2D eigenvalue weighted by Crippen LogP contribution is 2.32. The summed E-state index contributed by atoms with van der Waals surface area (Å²) >= 11 is 0. The Labute approximate surface area is 175 Å². The van der Waals surface area contributed by atoms with E-state index in [1.54, 1.807) is 31.6 Å². The predicted molar refractivity (Wildman–Crippen MR) is 113 cm³/mol. The third kappa shape index (κ3) is 4.43. The number of pyridine rings is 2. The first-order chi connectivity index (χ1) is 14.2. The molecule has 8 nitrogen and oxygen atoms in total. The maximum atomic E-state index is 13.0. The van der Waals surface area contributed by atoms with Crippen LogP contribution in [0.1, 0.15) is 38.3 Å². The molecule has 0 saturated heterocycles. The smallest absolute Gasteiger partial charge is 0.242 e. The number of H-pyrrole nitrogens is 1. The first kappa shape index (κ1) is 20.6. The van der Waals surface area contributed by atoms with Gasteiger partial charge in [-0.15, -0.1) is 0 Å². The standard InChI is InChI=1S/C21H25N5O3S/c1-14-12-24-20(25-14)19-18(15-5-9-22-10-6-15)11-17(13-23-19)30(28,29)26-16-3-7-21(2,27)8-4-16/h5-6,9-13,16,26-27H,3-4,7-8H2,1-2H3,(H,24,25).